The first-order valence-corrected chi connectivity index (χ1v) is 8.94. The van der Waals surface area contributed by atoms with Crippen molar-refractivity contribution in [3.63, 3.8) is 0 Å². The molecule has 1 atom stereocenters. The quantitative estimate of drug-likeness (QED) is 0.560. The van der Waals surface area contributed by atoms with Gasteiger partial charge < -0.3 is 10.4 Å². The molecule has 0 radical (unpaired) electrons. The summed E-state index contributed by atoms with van der Waals surface area (Å²) < 4.78 is 0. The van der Waals surface area contributed by atoms with Crippen molar-refractivity contribution < 1.29 is 9.90 Å². The maximum atomic E-state index is 12.1. The molecule has 1 amide bonds. The van der Waals surface area contributed by atoms with Crippen LogP contribution in [0.25, 0.3) is 0 Å². The largest absolute Gasteiger partial charge is 0.395 e. The molecule has 0 aromatic rings. The second-order valence-electron chi connectivity index (χ2n) is 6.70. The van der Waals surface area contributed by atoms with Gasteiger partial charge in [-0.05, 0) is 51.6 Å². The molecule has 1 heterocycles. The molecule has 1 unspecified atom stereocenters. The zero-order valence-corrected chi connectivity index (χ0v) is 13.4. The van der Waals surface area contributed by atoms with E-state index in [0.717, 1.165) is 51.7 Å². The van der Waals surface area contributed by atoms with Gasteiger partial charge >= 0.3 is 0 Å². The van der Waals surface area contributed by atoms with Crippen LogP contribution in [0.4, 0.5) is 0 Å². The van der Waals surface area contributed by atoms with Gasteiger partial charge in [0.15, 0.2) is 0 Å². The summed E-state index contributed by atoms with van der Waals surface area (Å²) in [6.07, 6.45) is 11.7. The Morgan fingerprint density at radius 2 is 1.81 bits per heavy atom. The summed E-state index contributed by atoms with van der Waals surface area (Å²) in [5.74, 6) is 0.552. The van der Waals surface area contributed by atoms with Crippen LogP contribution in [0.5, 0.6) is 0 Å². The average Bonchev–Trinajstić information content (AvgIpc) is 2.78. The van der Waals surface area contributed by atoms with Gasteiger partial charge in [-0.3, -0.25) is 9.69 Å². The molecule has 21 heavy (non-hydrogen) atoms. The molecule has 1 aliphatic heterocycles. The smallest absolute Gasteiger partial charge is 0.223 e. The summed E-state index contributed by atoms with van der Waals surface area (Å²) in [7, 11) is 0. The first-order valence-electron chi connectivity index (χ1n) is 8.94. The van der Waals surface area contributed by atoms with Crippen molar-refractivity contribution >= 4 is 5.91 Å². The van der Waals surface area contributed by atoms with E-state index < -0.39 is 0 Å². The first-order chi connectivity index (χ1) is 10.3. The lowest BCUT2D eigenvalue weighted by Crippen LogP contribution is -2.34. The van der Waals surface area contributed by atoms with E-state index >= 15 is 0 Å². The highest BCUT2D eigenvalue weighted by Crippen LogP contribution is 2.22. The predicted octanol–water partition coefficient (Wildman–Crippen LogP) is 2.31. The van der Waals surface area contributed by atoms with Crippen molar-refractivity contribution in [1.29, 1.82) is 0 Å². The first kappa shape index (κ1) is 16.8. The van der Waals surface area contributed by atoms with E-state index in [9.17, 15) is 9.90 Å². The zero-order valence-electron chi connectivity index (χ0n) is 13.4. The molecule has 0 aromatic heterocycles. The van der Waals surface area contributed by atoms with Crippen LogP contribution < -0.4 is 5.32 Å². The van der Waals surface area contributed by atoms with E-state index in [2.05, 4.69) is 10.2 Å². The molecule has 0 aromatic carbocycles. The number of amides is 1. The molecule has 1 saturated heterocycles. The van der Waals surface area contributed by atoms with Gasteiger partial charge in [-0.2, -0.15) is 0 Å². The third-order valence-corrected chi connectivity index (χ3v) is 5.11. The van der Waals surface area contributed by atoms with Gasteiger partial charge in [0.05, 0.1) is 6.61 Å². The van der Waals surface area contributed by atoms with Crippen molar-refractivity contribution in [2.45, 2.75) is 70.3 Å². The van der Waals surface area contributed by atoms with Crippen molar-refractivity contribution in [1.82, 2.24) is 10.2 Å². The molecule has 0 spiro atoms. The molecule has 2 aliphatic rings. The fraction of sp³-hybridized carbons (Fsp3) is 0.941. The number of carbonyl (C=O) groups excluding carboxylic acids is 1. The Balaban J connectivity index is 1.53. The average molecular weight is 296 g/mol. The van der Waals surface area contributed by atoms with Gasteiger partial charge in [0.25, 0.3) is 0 Å². The van der Waals surface area contributed by atoms with Gasteiger partial charge in [0.2, 0.25) is 5.91 Å². The Kier molecular flexibility index (Phi) is 7.51. The topological polar surface area (TPSA) is 52.6 Å². The molecule has 1 aliphatic carbocycles. The lowest BCUT2D eigenvalue weighted by atomic mass is 9.99. The van der Waals surface area contributed by atoms with Crippen LogP contribution in [0.2, 0.25) is 0 Å². The summed E-state index contributed by atoms with van der Waals surface area (Å²) in [4.78, 5) is 14.5. The van der Waals surface area contributed by atoms with Crippen LogP contribution in [0, 0.1) is 5.92 Å². The van der Waals surface area contributed by atoms with Gasteiger partial charge in [0.1, 0.15) is 0 Å². The number of aliphatic hydroxyl groups excluding tert-OH is 1. The Morgan fingerprint density at radius 1 is 1.05 bits per heavy atom. The van der Waals surface area contributed by atoms with Crippen LogP contribution in [-0.2, 0) is 4.79 Å². The Hall–Kier alpha value is -0.610. The zero-order chi connectivity index (χ0) is 14.9. The van der Waals surface area contributed by atoms with E-state index in [1.54, 1.807) is 0 Å². The van der Waals surface area contributed by atoms with Crippen LogP contribution in [-0.4, -0.2) is 48.2 Å². The summed E-state index contributed by atoms with van der Waals surface area (Å²) >= 11 is 0. The van der Waals surface area contributed by atoms with E-state index in [-0.39, 0.29) is 11.8 Å². The number of rotatable bonds is 7. The summed E-state index contributed by atoms with van der Waals surface area (Å²) in [5.41, 5.74) is 0. The molecule has 2 rings (SSSR count). The molecule has 2 fully saturated rings. The molecular weight excluding hydrogens is 264 g/mol. The Labute approximate surface area is 129 Å². The third kappa shape index (κ3) is 5.59. The van der Waals surface area contributed by atoms with Gasteiger partial charge in [-0.15, -0.1) is 0 Å². The van der Waals surface area contributed by atoms with Gasteiger partial charge in [-0.1, -0.05) is 25.7 Å². The monoisotopic (exact) mass is 296 g/mol. The SMILES string of the molecule is O=C(NCCCCN1CCCC1CO)C1CCCCCC1. The molecular formula is C17H32N2O2. The van der Waals surface area contributed by atoms with E-state index in [1.165, 1.54) is 32.1 Å². The maximum Gasteiger partial charge on any atom is 0.223 e. The highest BCUT2D eigenvalue weighted by atomic mass is 16.3. The molecule has 4 nitrogen and oxygen atoms in total. The van der Waals surface area contributed by atoms with Crippen molar-refractivity contribution in [2.75, 3.05) is 26.2 Å². The molecule has 1 saturated carbocycles. The Morgan fingerprint density at radius 3 is 2.52 bits per heavy atom. The lowest BCUT2D eigenvalue weighted by molar-refractivity contribution is -0.125. The minimum Gasteiger partial charge on any atom is -0.395 e. The normalized spacial score (nSPS) is 24.9. The van der Waals surface area contributed by atoms with Gasteiger partial charge in [0, 0.05) is 18.5 Å². The van der Waals surface area contributed by atoms with Crippen LogP contribution in [0.1, 0.15) is 64.2 Å². The van der Waals surface area contributed by atoms with Crippen molar-refractivity contribution in [3.05, 3.63) is 0 Å². The molecule has 122 valence electrons. The summed E-state index contributed by atoms with van der Waals surface area (Å²) in [6, 6.07) is 0.380. The minimum atomic E-state index is 0.268. The van der Waals surface area contributed by atoms with Crippen LogP contribution >= 0.6 is 0 Å². The van der Waals surface area contributed by atoms with Crippen molar-refractivity contribution in [2.24, 2.45) is 5.92 Å². The number of carbonyl (C=O) groups is 1. The van der Waals surface area contributed by atoms with E-state index in [1.807, 2.05) is 0 Å². The minimum absolute atomic E-state index is 0.268. The van der Waals surface area contributed by atoms with E-state index in [4.69, 9.17) is 0 Å². The van der Waals surface area contributed by atoms with Crippen LogP contribution in [0.15, 0.2) is 0 Å². The number of nitrogens with zero attached hydrogens (tertiary/aromatic N) is 1. The number of nitrogens with one attached hydrogen (secondary N) is 1. The summed E-state index contributed by atoms with van der Waals surface area (Å²) in [6.45, 7) is 3.29. The second-order valence-corrected chi connectivity index (χ2v) is 6.70. The molecule has 2 N–H and O–H groups in total. The number of aliphatic hydroxyl groups is 1. The third-order valence-electron chi connectivity index (χ3n) is 5.11. The standard InChI is InChI=1S/C17H32N2O2/c20-14-16-10-7-13-19(16)12-6-5-11-18-17(21)15-8-3-1-2-4-9-15/h15-16,20H,1-14H2,(H,18,21). The maximum absolute atomic E-state index is 12.1. The highest BCUT2D eigenvalue weighted by Gasteiger charge is 2.23. The van der Waals surface area contributed by atoms with Gasteiger partial charge in [-0.25, -0.2) is 0 Å². The second kappa shape index (κ2) is 9.42. The number of likely N-dealkylation sites (tertiary alicyclic amines) is 1. The lowest BCUT2D eigenvalue weighted by Gasteiger charge is -2.22. The predicted molar refractivity (Wildman–Crippen MR) is 85.1 cm³/mol. The van der Waals surface area contributed by atoms with Crippen LogP contribution in [0.3, 0.4) is 0 Å². The fourth-order valence-corrected chi connectivity index (χ4v) is 3.73. The number of hydrogen-bond donors (Lipinski definition) is 2. The highest BCUT2D eigenvalue weighted by molar-refractivity contribution is 5.78. The Bertz CT molecular complexity index is 301. The molecule has 0 bridgehead atoms. The number of unbranched alkanes of at least 4 members (excludes halogenated alkanes) is 1. The summed E-state index contributed by atoms with van der Waals surface area (Å²) in [5, 5.41) is 12.4. The van der Waals surface area contributed by atoms with Crippen molar-refractivity contribution in [3.8, 4) is 0 Å². The van der Waals surface area contributed by atoms with E-state index in [0.29, 0.717) is 12.6 Å². The molecule has 4 heteroatoms. The number of hydrogen-bond acceptors (Lipinski definition) is 3. The fourth-order valence-electron chi connectivity index (χ4n) is 3.73.